The molecule has 1 saturated heterocycles. The highest BCUT2D eigenvalue weighted by atomic mass is 32.2. The number of methoxy groups -OCH3 is 1. The number of rotatable bonds is 1. The Morgan fingerprint density at radius 3 is 2.56 bits per heavy atom. The van der Waals surface area contributed by atoms with Gasteiger partial charge < -0.3 is 9.84 Å². The Morgan fingerprint density at radius 1 is 1.08 bits per heavy atom. The van der Waals surface area contributed by atoms with Crippen molar-refractivity contribution in [2.24, 2.45) is 34.0 Å². The van der Waals surface area contributed by atoms with Crippen LogP contribution in [0.5, 0.6) is 0 Å². The van der Waals surface area contributed by atoms with Gasteiger partial charge in [-0.25, -0.2) is 0 Å². The van der Waals surface area contributed by atoms with Gasteiger partial charge in [-0.15, -0.1) is 0 Å². The lowest BCUT2D eigenvalue weighted by Crippen LogP contribution is -2.60. The van der Waals surface area contributed by atoms with Crippen LogP contribution in [0.2, 0.25) is 0 Å². The summed E-state index contributed by atoms with van der Waals surface area (Å²) in [4.78, 5) is 0. The minimum absolute atomic E-state index is 0.199. The Kier molecular flexibility index (Phi) is 4.07. The summed E-state index contributed by atoms with van der Waals surface area (Å²) in [5.41, 5.74) is 1.08. The maximum absolute atomic E-state index is 10.9. The lowest BCUT2D eigenvalue weighted by Gasteiger charge is -2.66. The summed E-state index contributed by atoms with van der Waals surface area (Å²) in [5.74, 6) is 4.37. The van der Waals surface area contributed by atoms with Gasteiger partial charge in [-0.3, -0.25) is 0 Å². The molecule has 0 bridgehead atoms. The molecule has 1 aliphatic heterocycles. The molecule has 4 rings (SSSR count). The molecule has 2 saturated carbocycles. The number of allylic oxidation sites excluding steroid dienone is 2. The second kappa shape index (κ2) is 5.71. The normalized spacial score (nSPS) is 48.4. The van der Waals surface area contributed by atoms with Crippen LogP contribution >= 0.6 is 11.8 Å². The van der Waals surface area contributed by atoms with E-state index in [1.54, 1.807) is 7.11 Å². The van der Waals surface area contributed by atoms with Crippen molar-refractivity contribution in [3.63, 3.8) is 0 Å². The highest BCUT2D eigenvalue weighted by Crippen LogP contribution is 2.69. The summed E-state index contributed by atoms with van der Waals surface area (Å²) in [6.07, 6.45) is 10.8. The summed E-state index contributed by atoms with van der Waals surface area (Å²) in [6.45, 7) is 10.1. The molecule has 1 heterocycles. The van der Waals surface area contributed by atoms with Gasteiger partial charge in [0.15, 0.2) is 0 Å². The number of aliphatic hydroxyl groups is 1. The second-order valence-corrected chi connectivity index (χ2v) is 11.3. The average Bonchev–Trinajstić information content (AvgIpc) is 2.52. The molecule has 3 heteroatoms. The Hall–Kier alpha value is -0.570. The molecular formula is C22H34O2S. The van der Waals surface area contributed by atoms with Gasteiger partial charge in [0.2, 0.25) is 0 Å². The van der Waals surface area contributed by atoms with Gasteiger partial charge in [0, 0.05) is 17.2 Å². The van der Waals surface area contributed by atoms with E-state index in [1.165, 1.54) is 37.9 Å². The fourth-order valence-electron chi connectivity index (χ4n) is 7.34. The molecule has 4 aliphatic rings. The zero-order chi connectivity index (χ0) is 18.0. The molecule has 25 heavy (non-hydrogen) atoms. The van der Waals surface area contributed by atoms with E-state index in [0.29, 0.717) is 27.8 Å². The van der Waals surface area contributed by atoms with Gasteiger partial charge >= 0.3 is 0 Å². The highest BCUT2D eigenvalue weighted by Gasteiger charge is 2.63. The predicted octanol–water partition coefficient (Wildman–Crippen LogP) is 5.95. The van der Waals surface area contributed by atoms with Crippen molar-refractivity contribution in [3.8, 4) is 0 Å². The van der Waals surface area contributed by atoms with E-state index in [2.05, 4.69) is 45.5 Å². The van der Waals surface area contributed by atoms with E-state index >= 15 is 0 Å². The number of aliphatic hydroxyl groups excluding tert-OH is 1. The van der Waals surface area contributed by atoms with E-state index in [0.717, 1.165) is 11.7 Å². The van der Waals surface area contributed by atoms with Crippen LogP contribution in [0.15, 0.2) is 23.7 Å². The fourth-order valence-corrected chi connectivity index (χ4v) is 9.39. The van der Waals surface area contributed by atoms with E-state index < -0.39 is 0 Å². The number of thioether (sulfide) groups is 1. The first kappa shape index (κ1) is 17.8. The number of hydrogen-bond donors (Lipinski definition) is 1. The maximum atomic E-state index is 10.9. The SMILES string of the molecule is COC1=CC2SC[C@H]3[C@@](C)(CCC4C(C)(C)CCC[C@@]43C)C2C(O)=C1. The first-order valence-electron chi connectivity index (χ1n) is 10.0. The van der Waals surface area contributed by atoms with Gasteiger partial charge in [-0.2, -0.15) is 11.8 Å². The molecule has 0 aromatic carbocycles. The van der Waals surface area contributed by atoms with E-state index in [1.807, 2.05) is 6.08 Å². The van der Waals surface area contributed by atoms with E-state index in [-0.39, 0.29) is 11.3 Å². The zero-order valence-corrected chi connectivity index (χ0v) is 17.3. The van der Waals surface area contributed by atoms with Crippen molar-refractivity contribution < 1.29 is 9.84 Å². The molecule has 0 aromatic heterocycles. The van der Waals surface area contributed by atoms with Crippen molar-refractivity contribution >= 4 is 11.8 Å². The minimum Gasteiger partial charge on any atom is -0.512 e. The smallest absolute Gasteiger partial charge is 0.119 e. The molecule has 6 atom stereocenters. The van der Waals surface area contributed by atoms with Crippen molar-refractivity contribution in [2.75, 3.05) is 12.9 Å². The van der Waals surface area contributed by atoms with Gasteiger partial charge in [-0.1, -0.05) is 34.1 Å². The summed E-state index contributed by atoms with van der Waals surface area (Å²) in [5, 5.41) is 11.3. The Morgan fingerprint density at radius 2 is 1.84 bits per heavy atom. The highest BCUT2D eigenvalue weighted by molar-refractivity contribution is 8.00. The molecule has 0 radical (unpaired) electrons. The fraction of sp³-hybridized carbons (Fsp3) is 0.818. The molecular weight excluding hydrogens is 328 g/mol. The molecule has 3 aliphatic carbocycles. The minimum atomic E-state index is 0.199. The van der Waals surface area contributed by atoms with E-state index in [4.69, 9.17) is 4.74 Å². The lowest BCUT2D eigenvalue weighted by molar-refractivity contribution is -0.138. The third-order valence-electron chi connectivity index (χ3n) is 8.51. The van der Waals surface area contributed by atoms with Crippen LogP contribution in [0, 0.1) is 34.0 Å². The molecule has 0 aromatic rings. The second-order valence-electron chi connectivity index (χ2n) is 10.1. The number of ether oxygens (including phenoxy) is 1. The molecule has 0 amide bonds. The Bertz CT molecular complexity index is 622. The topological polar surface area (TPSA) is 29.5 Å². The van der Waals surface area contributed by atoms with Crippen LogP contribution in [0.1, 0.15) is 59.8 Å². The van der Waals surface area contributed by atoms with Crippen molar-refractivity contribution in [2.45, 2.75) is 65.0 Å². The lowest BCUT2D eigenvalue weighted by atomic mass is 9.41. The van der Waals surface area contributed by atoms with Crippen molar-refractivity contribution in [1.82, 2.24) is 0 Å². The summed E-state index contributed by atoms with van der Waals surface area (Å²) in [6, 6.07) is 0. The van der Waals surface area contributed by atoms with E-state index in [9.17, 15) is 5.11 Å². The molecule has 1 N–H and O–H groups in total. The molecule has 3 fully saturated rings. The van der Waals surface area contributed by atoms with Gasteiger partial charge in [-0.05, 0) is 65.6 Å². The number of hydrogen-bond acceptors (Lipinski definition) is 3. The van der Waals surface area contributed by atoms with Gasteiger partial charge in [0.05, 0.1) is 7.11 Å². The molecule has 140 valence electrons. The zero-order valence-electron chi connectivity index (χ0n) is 16.5. The average molecular weight is 363 g/mol. The summed E-state index contributed by atoms with van der Waals surface area (Å²) >= 11 is 2.05. The predicted molar refractivity (Wildman–Crippen MR) is 106 cm³/mol. The van der Waals surface area contributed by atoms with Gasteiger partial charge in [0.25, 0.3) is 0 Å². The third kappa shape index (κ3) is 2.44. The quantitative estimate of drug-likeness (QED) is 0.625. The summed E-state index contributed by atoms with van der Waals surface area (Å²) < 4.78 is 5.42. The Labute approximate surface area is 157 Å². The van der Waals surface area contributed by atoms with Crippen LogP contribution in [-0.2, 0) is 4.74 Å². The monoisotopic (exact) mass is 362 g/mol. The van der Waals surface area contributed by atoms with Crippen molar-refractivity contribution in [3.05, 3.63) is 23.7 Å². The van der Waals surface area contributed by atoms with Crippen LogP contribution in [0.25, 0.3) is 0 Å². The van der Waals surface area contributed by atoms with Crippen LogP contribution in [0.3, 0.4) is 0 Å². The van der Waals surface area contributed by atoms with Crippen LogP contribution in [-0.4, -0.2) is 23.2 Å². The maximum Gasteiger partial charge on any atom is 0.119 e. The first-order chi connectivity index (χ1) is 11.7. The van der Waals surface area contributed by atoms with Gasteiger partial charge in [0.1, 0.15) is 11.5 Å². The Balaban J connectivity index is 1.72. The van der Waals surface area contributed by atoms with Crippen LogP contribution in [0.4, 0.5) is 0 Å². The standard InChI is InChI=1S/C22H34O2S/c1-20(2)8-6-9-21(3)17(20)7-10-22(4)18(21)13-25-16-12-14(24-5)11-15(23)19(16)22/h11-12,16-19,23H,6-10,13H2,1-5H3/t16?,17?,18-,19?,21+,22-/m1/s1. The molecule has 2 nitrogen and oxygen atoms in total. The van der Waals surface area contributed by atoms with Crippen molar-refractivity contribution in [1.29, 1.82) is 0 Å². The summed E-state index contributed by atoms with van der Waals surface area (Å²) in [7, 11) is 1.70. The first-order valence-corrected chi connectivity index (χ1v) is 11.1. The van der Waals surface area contributed by atoms with Crippen LogP contribution < -0.4 is 0 Å². The third-order valence-corrected chi connectivity index (χ3v) is 9.83. The molecule has 3 unspecified atom stereocenters. The largest absolute Gasteiger partial charge is 0.512 e. The number of fused-ring (bicyclic) bond motifs is 5. The molecule has 0 spiro atoms.